The van der Waals surface area contributed by atoms with Crippen LogP contribution in [0.3, 0.4) is 0 Å². The first kappa shape index (κ1) is 21.9. The van der Waals surface area contributed by atoms with E-state index in [-0.39, 0.29) is 23.1 Å². The van der Waals surface area contributed by atoms with E-state index in [1.54, 1.807) is 36.9 Å². The molecule has 4 heterocycles. The maximum Gasteiger partial charge on any atom is 0.343 e. The van der Waals surface area contributed by atoms with E-state index in [0.29, 0.717) is 34.9 Å². The molecule has 0 spiro atoms. The number of halogens is 1. The number of H-pyrrole nitrogens is 1. The Bertz CT molecular complexity index is 1550. The average Bonchev–Trinajstić information content (AvgIpc) is 3.24. The summed E-state index contributed by atoms with van der Waals surface area (Å²) in [6, 6.07) is 8.82. The first-order valence-corrected chi connectivity index (χ1v) is 11.2. The van der Waals surface area contributed by atoms with Gasteiger partial charge < -0.3 is 19.2 Å². The number of aromatic nitrogens is 3. The molecule has 1 aliphatic heterocycles. The highest BCUT2D eigenvalue weighted by Gasteiger charge is 2.25. The van der Waals surface area contributed by atoms with E-state index >= 15 is 0 Å². The number of ether oxygens (including phenoxy) is 1. The summed E-state index contributed by atoms with van der Waals surface area (Å²) in [6.45, 7) is 4.83. The molecule has 0 radical (unpaired) electrons. The molecule has 8 nitrogen and oxygen atoms in total. The lowest BCUT2D eigenvalue weighted by molar-refractivity contribution is 0.0524. The van der Waals surface area contributed by atoms with Crippen molar-refractivity contribution in [2.45, 2.75) is 26.9 Å². The second-order valence-electron chi connectivity index (χ2n) is 8.11. The van der Waals surface area contributed by atoms with E-state index in [0.717, 1.165) is 16.9 Å². The minimum Gasteiger partial charge on any atom is -0.462 e. The minimum atomic E-state index is -0.716. The number of fused-ring (bicyclic) bond motifs is 2. The summed E-state index contributed by atoms with van der Waals surface area (Å²) in [4.78, 5) is 46.9. The van der Waals surface area contributed by atoms with Gasteiger partial charge in [0.1, 0.15) is 5.56 Å². The molecule has 1 N–H and O–H groups in total. The Balaban J connectivity index is 1.76. The topological polar surface area (TPSA) is 97.3 Å². The second kappa shape index (κ2) is 8.46. The van der Waals surface area contributed by atoms with Crippen LogP contribution in [0.1, 0.15) is 34.1 Å². The van der Waals surface area contributed by atoms with Crippen molar-refractivity contribution in [2.24, 2.45) is 0 Å². The maximum absolute atomic E-state index is 13.3. The highest BCUT2D eigenvalue weighted by atomic mass is 35.5. The molecule has 0 bridgehead atoms. The minimum absolute atomic E-state index is 0.110. The third-order valence-corrected chi connectivity index (χ3v) is 6.26. The number of aromatic amines is 1. The molecule has 0 unspecified atom stereocenters. The predicted octanol–water partition coefficient (Wildman–Crippen LogP) is 3.73. The van der Waals surface area contributed by atoms with Crippen molar-refractivity contribution in [3.8, 4) is 5.69 Å². The summed E-state index contributed by atoms with van der Waals surface area (Å²) in [6.07, 6.45) is 4.78. The summed E-state index contributed by atoms with van der Waals surface area (Å²) >= 11 is 6.67. The molecule has 9 heteroatoms. The zero-order valence-corrected chi connectivity index (χ0v) is 19.3. The van der Waals surface area contributed by atoms with Gasteiger partial charge in [0.2, 0.25) is 11.0 Å². The van der Waals surface area contributed by atoms with Crippen LogP contribution in [0.2, 0.25) is 5.02 Å². The third kappa shape index (κ3) is 3.66. The molecule has 0 amide bonds. The van der Waals surface area contributed by atoms with Crippen LogP contribution in [0, 0.1) is 6.92 Å². The number of esters is 1. The molecule has 0 saturated carbocycles. The first-order chi connectivity index (χ1) is 16.4. The normalized spacial score (nSPS) is 12.7. The molecule has 34 heavy (non-hydrogen) atoms. The second-order valence-corrected chi connectivity index (χ2v) is 8.52. The largest absolute Gasteiger partial charge is 0.462 e. The number of nitrogens with zero attached hydrogens (tertiary/aromatic N) is 3. The van der Waals surface area contributed by atoms with Crippen LogP contribution in [0.15, 0.2) is 58.5 Å². The summed E-state index contributed by atoms with van der Waals surface area (Å²) in [5, 5.41) is 0.669. The van der Waals surface area contributed by atoms with Crippen molar-refractivity contribution >= 4 is 34.2 Å². The number of anilines is 1. The van der Waals surface area contributed by atoms with Gasteiger partial charge in [-0.15, -0.1) is 0 Å². The van der Waals surface area contributed by atoms with Crippen LogP contribution in [0.5, 0.6) is 0 Å². The molecule has 0 fully saturated rings. The number of rotatable bonds is 4. The molecule has 5 rings (SSSR count). The first-order valence-electron chi connectivity index (χ1n) is 10.8. The Morgan fingerprint density at radius 3 is 2.76 bits per heavy atom. The lowest BCUT2D eigenvalue weighted by atomic mass is 10.1. The lowest BCUT2D eigenvalue weighted by Gasteiger charge is -2.22. The predicted molar refractivity (Wildman–Crippen MR) is 130 cm³/mol. The van der Waals surface area contributed by atoms with E-state index in [9.17, 15) is 14.4 Å². The lowest BCUT2D eigenvalue weighted by Crippen LogP contribution is -2.22. The van der Waals surface area contributed by atoms with E-state index < -0.39 is 11.4 Å². The average molecular weight is 477 g/mol. The number of pyridine rings is 3. The van der Waals surface area contributed by atoms with Gasteiger partial charge in [-0.1, -0.05) is 17.7 Å². The molecule has 4 aromatic rings. The molecule has 3 aromatic heterocycles. The molecule has 0 aliphatic carbocycles. The summed E-state index contributed by atoms with van der Waals surface area (Å²) in [5.74, 6) is -0.716. The highest BCUT2D eigenvalue weighted by Crippen LogP contribution is 2.35. The van der Waals surface area contributed by atoms with Crippen molar-refractivity contribution in [1.82, 2.24) is 14.5 Å². The van der Waals surface area contributed by atoms with Crippen LogP contribution >= 0.6 is 11.6 Å². The van der Waals surface area contributed by atoms with Crippen molar-refractivity contribution in [2.75, 3.05) is 11.5 Å². The van der Waals surface area contributed by atoms with Crippen molar-refractivity contribution < 1.29 is 9.53 Å². The van der Waals surface area contributed by atoms with Gasteiger partial charge in [-0.05, 0) is 43.2 Å². The molecule has 1 aliphatic rings. The van der Waals surface area contributed by atoms with Crippen LogP contribution in [0.25, 0.3) is 16.6 Å². The molecule has 172 valence electrons. The number of benzene rings is 1. The third-order valence-electron chi connectivity index (χ3n) is 5.96. The SMILES string of the molecule is CCOC(=O)c1cn(-c2c[nH]c(=O)cc2C)c2cc(N3Cc4cccnc4C3)c(Cl)cc2c1=O. The van der Waals surface area contributed by atoms with E-state index in [1.807, 2.05) is 18.2 Å². The van der Waals surface area contributed by atoms with Gasteiger partial charge >= 0.3 is 5.97 Å². The van der Waals surface area contributed by atoms with Crippen LogP contribution < -0.4 is 15.9 Å². The fourth-order valence-electron chi connectivity index (χ4n) is 4.33. The Kier molecular flexibility index (Phi) is 5.45. The fourth-order valence-corrected chi connectivity index (χ4v) is 4.61. The quantitative estimate of drug-likeness (QED) is 0.451. The summed E-state index contributed by atoms with van der Waals surface area (Å²) in [7, 11) is 0. The van der Waals surface area contributed by atoms with Gasteiger partial charge in [-0.2, -0.15) is 0 Å². The molecular formula is C25H21ClN4O4. The van der Waals surface area contributed by atoms with E-state index in [1.165, 1.54) is 12.3 Å². The zero-order chi connectivity index (χ0) is 24.0. The smallest absolute Gasteiger partial charge is 0.343 e. The number of aryl methyl sites for hydroxylation is 1. The molecule has 0 atom stereocenters. The van der Waals surface area contributed by atoms with Gasteiger partial charge in [0, 0.05) is 36.6 Å². The maximum atomic E-state index is 13.3. The number of carbonyl (C=O) groups is 1. The Labute approximate surface area is 199 Å². The highest BCUT2D eigenvalue weighted by molar-refractivity contribution is 6.34. The summed E-state index contributed by atoms with van der Waals surface area (Å²) in [5.41, 5.74) is 3.86. The number of hydrogen-bond donors (Lipinski definition) is 1. The van der Waals surface area contributed by atoms with Gasteiger partial charge in [-0.25, -0.2) is 4.79 Å². The number of carbonyl (C=O) groups excluding carboxylic acids is 1. The van der Waals surface area contributed by atoms with Crippen molar-refractivity contribution in [3.05, 3.63) is 96.9 Å². The zero-order valence-electron chi connectivity index (χ0n) is 18.6. The van der Waals surface area contributed by atoms with Crippen molar-refractivity contribution in [3.63, 3.8) is 0 Å². The number of nitrogens with one attached hydrogen (secondary N) is 1. The Hall–Kier alpha value is -3.91. The van der Waals surface area contributed by atoms with Crippen LogP contribution in [0.4, 0.5) is 5.69 Å². The van der Waals surface area contributed by atoms with Gasteiger partial charge in [0.25, 0.3) is 0 Å². The fraction of sp³-hybridized carbons (Fsp3) is 0.200. The molecule has 1 aromatic carbocycles. The number of hydrogen-bond acceptors (Lipinski definition) is 6. The molecule has 0 saturated heterocycles. The molecular weight excluding hydrogens is 456 g/mol. The Morgan fingerprint density at radius 1 is 1.21 bits per heavy atom. The van der Waals surface area contributed by atoms with Gasteiger partial charge in [0.15, 0.2) is 0 Å². The summed E-state index contributed by atoms with van der Waals surface area (Å²) < 4.78 is 6.83. The monoisotopic (exact) mass is 476 g/mol. The van der Waals surface area contributed by atoms with Crippen molar-refractivity contribution in [1.29, 1.82) is 0 Å². The van der Waals surface area contributed by atoms with E-state index in [2.05, 4.69) is 14.9 Å². The van der Waals surface area contributed by atoms with Gasteiger partial charge in [-0.3, -0.25) is 14.6 Å². The Morgan fingerprint density at radius 2 is 2.03 bits per heavy atom. The van der Waals surface area contributed by atoms with E-state index in [4.69, 9.17) is 16.3 Å². The van der Waals surface area contributed by atoms with Gasteiger partial charge in [0.05, 0.1) is 40.8 Å². The van der Waals surface area contributed by atoms with Crippen LogP contribution in [-0.4, -0.2) is 27.1 Å². The van der Waals surface area contributed by atoms with Crippen LogP contribution in [-0.2, 0) is 17.8 Å². The standard InChI is InChI=1S/C25H21ClN4O4/c1-3-34-25(33)17-12-30(22-10-28-23(31)7-14(22)2)20-9-21(18(26)8-16(20)24(17)32)29-11-15-5-4-6-27-19(15)13-29/h4-10,12H,3,11,13H2,1-2H3,(H,28,31).